The molecule has 1 amide bonds. The van der Waals surface area contributed by atoms with Crippen molar-refractivity contribution >= 4 is 11.6 Å². The normalized spacial score (nSPS) is 16.1. The lowest BCUT2D eigenvalue weighted by Gasteiger charge is -2.36. The highest BCUT2D eigenvalue weighted by Gasteiger charge is 2.19. The Morgan fingerprint density at radius 2 is 1.76 bits per heavy atom. The molecule has 92 valence electrons. The van der Waals surface area contributed by atoms with E-state index in [2.05, 4.69) is 4.90 Å². The van der Waals surface area contributed by atoms with Crippen molar-refractivity contribution in [3.8, 4) is 0 Å². The highest BCUT2D eigenvalue weighted by Crippen LogP contribution is 2.17. The summed E-state index contributed by atoms with van der Waals surface area (Å²) in [7, 11) is 0. The van der Waals surface area contributed by atoms with Crippen LogP contribution in [0.1, 0.15) is 13.3 Å². The number of rotatable bonds is 2. The molecule has 0 atom stereocenters. The van der Waals surface area contributed by atoms with Gasteiger partial charge in [0.15, 0.2) is 0 Å². The first-order valence-electron chi connectivity index (χ1n) is 5.99. The Balaban J connectivity index is 1.95. The van der Waals surface area contributed by atoms with E-state index in [4.69, 9.17) is 0 Å². The number of hydrogen-bond acceptors (Lipinski definition) is 2. The van der Waals surface area contributed by atoms with Crippen LogP contribution in [0.3, 0.4) is 0 Å². The lowest BCUT2D eigenvalue weighted by Crippen LogP contribution is -2.48. The summed E-state index contributed by atoms with van der Waals surface area (Å²) in [6.45, 7) is 5.03. The van der Waals surface area contributed by atoms with Crippen LogP contribution in [0.2, 0.25) is 0 Å². The van der Waals surface area contributed by atoms with E-state index in [1.807, 2.05) is 11.8 Å². The molecule has 1 saturated heterocycles. The van der Waals surface area contributed by atoms with E-state index in [1.165, 1.54) is 12.1 Å². The number of amides is 1. The van der Waals surface area contributed by atoms with Crippen molar-refractivity contribution in [2.75, 3.05) is 31.1 Å². The molecular formula is C13H17FN2O. The zero-order chi connectivity index (χ0) is 12.3. The maximum absolute atomic E-state index is 12.8. The van der Waals surface area contributed by atoms with Gasteiger partial charge >= 0.3 is 0 Å². The van der Waals surface area contributed by atoms with Gasteiger partial charge < -0.3 is 9.80 Å². The number of carbonyl (C=O) groups excluding carboxylic acids is 1. The third-order valence-corrected chi connectivity index (χ3v) is 3.13. The van der Waals surface area contributed by atoms with E-state index in [1.54, 1.807) is 12.1 Å². The molecule has 0 spiro atoms. The van der Waals surface area contributed by atoms with Gasteiger partial charge in [-0.1, -0.05) is 6.92 Å². The summed E-state index contributed by atoms with van der Waals surface area (Å²) >= 11 is 0. The predicted molar refractivity (Wildman–Crippen MR) is 65.5 cm³/mol. The molecule has 17 heavy (non-hydrogen) atoms. The monoisotopic (exact) mass is 236 g/mol. The molecule has 1 aliphatic heterocycles. The first-order valence-corrected chi connectivity index (χ1v) is 5.99. The predicted octanol–water partition coefficient (Wildman–Crippen LogP) is 1.88. The van der Waals surface area contributed by atoms with Gasteiger partial charge in [0.1, 0.15) is 5.82 Å². The molecule has 0 aliphatic carbocycles. The highest BCUT2D eigenvalue weighted by atomic mass is 19.1. The van der Waals surface area contributed by atoms with Crippen molar-refractivity contribution in [3.63, 3.8) is 0 Å². The molecule has 0 N–H and O–H groups in total. The van der Waals surface area contributed by atoms with Crippen LogP contribution in [-0.4, -0.2) is 37.0 Å². The molecule has 3 nitrogen and oxygen atoms in total. The summed E-state index contributed by atoms with van der Waals surface area (Å²) in [4.78, 5) is 15.6. The molecule has 0 radical (unpaired) electrons. The van der Waals surface area contributed by atoms with Crippen LogP contribution in [0.15, 0.2) is 24.3 Å². The Hall–Kier alpha value is -1.58. The summed E-state index contributed by atoms with van der Waals surface area (Å²) in [5.74, 6) is -0.00250. The molecule has 1 aromatic rings. The number of anilines is 1. The Morgan fingerprint density at radius 3 is 2.29 bits per heavy atom. The molecule has 0 saturated carbocycles. The summed E-state index contributed by atoms with van der Waals surface area (Å²) < 4.78 is 12.8. The van der Waals surface area contributed by atoms with Gasteiger partial charge in [0.2, 0.25) is 5.91 Å². The van der Waals surface area contributed by atoms with Gasteiger partial charge in [-0.2, -0.15) is 0 Å². The molecule has 4 heteroatoms. The summed E-state index contributed by atoms with van der Waals surface area (Å²) in [6.07, 6.45) is 0.566. The van der Waals surface area contributed by atoms with Crippen molar-refractivity contribution in [1.82, 2.24) is 4.90 Å². The summed E-state index contributed by atoms with van der Waals surface area (Å²) in [6, 6.07) is 6.51. The fraction of sp³-hybridized carbons (Fsp3) is 0.462. The van der Waals surface area contributed by atoms with Crippen LogP contribution in [-0.2, 0) is 4.79 Å². The van der Waals surface area contributed by atoms with Gasteiger partial charge in [-0.3, -0.25) is 4.79 Å². The van der Waals surface area contributed by atoms with Gasteiger partial charge in [-0.25, -0.2) is 4.39 Å². The number of nitrogens with zero attached hydrogens (tertiary/aromatic N) is 2. The van der Waals surface area contributed by atoms with Crippen LogP contribution < -0.4 is 4.90 Å². The van der Waals surface area contributed by atoms with E-state index >= 15 is 0 Å². The van der Waals surface area contributed by atoms with Crippen LogP contribution >= 0.6 is 0 Å². The second-order valence-corrected chi connectivity index (χ2v) is 4.20. The van der Waals surface area contributed by atoms with E-state index in [0.29, 0.717) is 6.42 Å². The second-order valence-electron chi connectivity index (χ2n) is 4.20. The maximum Gasteiger partial charge on any atom is 0.222 e. The van der Waals surface area contributed by atoms with Crippen LogP contribution in [0.5, 0.6) is 0 Å². The molecular weight excluding hydrogens is 219 g/mol. The lowest BCUT2D eigenvalue weighted by atomic mass is 10.2. The average Bonchev–Trinajstić information content (AvgIpc) is 2.39. The largest absolute Gasteiger partial charge is 0.368 e. The van der Waals surface area contributed by atoms with Gasteiger partial charge in [0.05, 0.1) is 0 Å². The third kappa shape index (κ3) is 2.75. The SMILES string of the molecule is CCC(=O)N1CCN(c2ccc(F)cc2)CC1. The number of hydrogen-bond donors (Lipinski definition) is 0. The van der Waals surface area contributed by atoms with Crippen molar-refractivity contribution in [2.24, 2.45) is 0 Å². The smallest absolute Gasteiger partial charge is 0.222 e. The van der Waals surface area contributed by atoms with Crippen molar-refractivity contribution < 1.29 is 9.18 Å². The first kappa shape index (κ1) is 11.9. The van der Waals surface area contributed by atoms with Gasteiger partial charge in [0.25, 0.3) is 0 Å². The quantitative estimate of drug-likeness (QED) is 0.782. The molecule has 0 aromatic heterocycles. The Bertz CT molecular complexity index is 383. The van der Waals surface area contributed by atoms with Crippen molar-refractivity contribution in [2.45, 2.75) is 13.3 Å². The highest BCUT2D eigenvalue weighted by molar-refractivity contribution is 5.76. The minimum atomic E-state index is -0.214. The van der Waals surface area contributed by atoms with E-state index in [0.717, 1.165) is 31.9 Å². The fourth-order valence-corrected chi connectivity index (χ4v) is 2.09. The first-order chi connectivity index (χ1) is 8.20. The number of carbonyl (C=O) groups is 1. The minimum Gasteiger partial charge on any atom is -0.368 e. The Morgan fingerprint density at radius 1 is 1.18 bits per heavy atom. The summed E-state index contributed by atoms with van der Waals surface area (Å²) in [5.41, 5.74) is 1.02. The van der Waals surface area contributed by atoms with Crippen LogP contribution in [0, 0.1) is 5.82 Å². The van der Waals surface area contributed by atoms with Gasteiger partial charge in [0, 0.05) is 38.3 Å². The van der Waals surface area contributed by atoms with Crippen molar-refractivity contribution in [1.29, 1.82) is 0 Å². The molecule has 0 bridgehead atoms. The molecule has 2 rings (SSSR count). The van der Waals surface area contributed by atoms with Gasteiger partial charge in [-0.05, 0) is 24.3 Å². The number of benzene rings is 1. The van der Waals surface area contributed by atoms with E-state index in [9.17, 15) is 9.18 Å². The van der Waals surface area contributed by atoms with Crippen molar-refractivity contribution in [3.05, 3.63) is 30.1 Å². The third-order valence-electron chi connectivity index (χ3n) is 3.13. The minimum absolute atomic E-state index is 0.212. The molecule has 1 aliphatic rings. The number of halogens is 1. The van der Waals surface area contributed by atoms with Crippen LogP contribution in [0.4, 0.5) is 10.1 Å². The summed E-state index contributed by atoms with van der Waals surface area (Å²) in [5, 5.41) is 0. The second kappa shape index (κ2) is 5.17. The van der Waals surface area contributed by atoms with E-state index in [-0.39, 0.29) is 11.7 Å². The topological polar surface area (TPSA) is 23.6 Å². The number of piperazine rings is 1. The average molecular weight is 236 g/mol. The Labute approximate surface area is 101 Å². The molecule has 1 heterocycles. The maximum atomic E-state index is 12.8. The zero-order valence-electron chi connectivity index (χ0n) is 10.0. The van der Waals surface area contributed by atoms with E-state index < -0.39 is 0 Å². The molecule has 1 aromatic carbocycles. The Kier molecular flexibility index (Phi) is 3.61. The zero-order valence-corrected chi connectivity index (χ0v) is 10.0. The molecule has 1 fully saturated rings. The van der Waals surface area contributed by atoms with Crippen LogP contribution in [0.25, 0.3) is 0 Å². The standard InChI is InChI=1S/C13H17FN2O/c1-2-13(17)16-9-7-15(8-10-16)12-5-3-11(14)4-6-12/h3-6H,2,7-10H2,1H3. The fourth-order valence-electron chi connectivity index (χ4n) is 2.09. The molecule has 0 unspecified atom stereocenters. The van der Waals surface area contributed by atoms with Gasteiger partial charge in [-0.15, -0.1) is 0 Å². The lowest BCUT2D eigenvalue weighted by molar-refractivity contribution is -0.131.